The molecule has 0 bridgehead atoms. The lowest BCUT2D eigenvalue weighted by molar-refractivity contribution is 0.261. The molecule has 0 fully saturated rings. The van der Waals surface area contributed by atoms with Gasteiger partial charge in [-0.2, -0.15) is 0 Å². The Bertz CT molecular complexity index is 323. The van der Waals surface area contributed by atoms with E-state index in [0.29, 0.717) is 6.61 Å². The van der Waals surface area contributed by atoms with Crippen molar-refractivity contribution in [3.63, 3.8) is 0 Å². The van der Waals surface area contributed by atoms with Crippen LogP contribution in [0.1, 0.15) is 29.5 Å². The van der Waals surface area contributed by atoms with Gasteiger partial charge in [0.15, 0.2) is 0 Å². The molecule has 0 heterocycles. The van der Waals surface area contributed by atoms with E-state index in [0.717, 1.165) is 25.9 Å². The van der Waals surface area contributed by atoms with Crippen LogP contribution in [0.15, 0.2) is 18.2 Å². The van der Waals surface area contributed by atoms with Gasteiger partial charge in [0.25, 0.3) is 0 Å². The first-order valence-electron chi connectivity index (χ1n) is 5.99. The minimum Gasteiger partial charge on any atom is -0.396 e. The molecule has 0 aliphatic heterocycles. The van der Waals surface area contributed by atoms with Gasteiger partial charge in [-0.05, 0) is 51.4 Å². The lowest BCUT2D eigenvalue weighted by atomic mass is 10.1. The summed E-state index contributed by atoms with van der Waals surface area (Å²) in [5.41, 5.74) is 4.09. The van der Waals surface area contributed by atoms with Crippen LogP contribution >= 0.6 is 0 Å². The number of unbranched alkanes of at least 4 members (excludes halogenated alkanes) is 1. The summed E-state index contributed by atoms with van der Waals surface area (Å²) in [6.07, 6.45) is 1.97. The van der Waals surface area contributed by atoms with E-state index in [9.17, 15) is 0 Å². The first-order valence-corrected chi connectivity index (χ1v) is 5.99. The minimum absolute atomic E-state index is 0.303. The van der Waals surface area contributed by atoms with E-state index >= 15 is 0 Å². The Morgan fingerprint density at radius 3 is 2.62 bits per heavy atom. The predicted molar refractivity (Wildman–Crippen MR) is 68.6 cm³/mol. The van der Waals surface area contributed by atoms with Gasteiger partial charge < -0.3 is 10.0 Å². The Morgan fingerprint density at radius 1 is 1.19 bits per heavy atom. The minimum atomic E-state index is 0.303. The Labute approximate surface area is 98.9 Å². The van der Waals surface area contributed by atoms with E-state index in [4.69, 9.17) is 5.11 Å². The molecule has 0 saturated carbocycles. The second kappa shape index (κ2) is 6.66. The highest BCUT2D eigenvalue weighted by Gasteiger charge is 2.03. The van der Waals surface area contributed by atoms with Gasteiger partial charge in [0.1, 0.15) is 0 Å². The molecule has 0 radical (unpaired) electrons. The lowest BCUT2D eigenvalue weighted by Gasteiger charge is -2.18. The molecule has 90 valence electrons. The van der Waals surface area contributed by atoms with E-state index in [-0.39, 0.29) is 0 Å². The quantitative estimate of drug-likeness (QED) is 0.746. The number of benzene rings is 1. The van der Waals surface area contributed by atoms with Crippen molar-refractivity contribution in [2.75, 3.05) is 20.2 Å². The maximum Gasteiger partial charge on any atom is 0.0431 e. The van der Waals surface area contributed by atoms with Crippen LogP contribution < -0.4 is 0 Å². The van der Waals surface area contributed by atoms with Crippen molar-refractivity contribution >= 4 is 0 Å². The van der Waals surface area contributed by atoms with Crippen molar-refractivity contribution < 1.29 is 5.11 Å². The fourth-order valence-electron chi connectivity index (χ4n) is 1.83. The fraction of sp³-hybridized carbons (Fsp3) is 0.571. The summed E-state index contributed by atoms with van der Waals surface area (Å²) in [5, 5.41) is 8.73. The van der Waals surface area contributed by atoms with Crippen LogP contribution in [0.4, 0.5) is 0 Å². The zero-order chi connectivity index (χ0) is 12.0. The average Bonchev–Trinajstić information content (AvgIpc) is 2.24. The van der Waals surface area contributed by atoms with Crippen LogP contribution in [0.2, 0.25) is 0 Å². The van der Waals surface area contributed by atoms with Gasteiger partial charge in [0.05, 0.1) is 0 Å². The summed E-state index contributed by atoms with van der Waals surface area (Å²) < 4.78 is 0. The summed E-state index contributed by atoms with van der Waals surface area (Å²) in [5.74, 6) is 0. The molecule has 16 heavy (non-hydrogen) atoms. The Hall–Kier alpha value is -0.860. The molecule has 1 aromatic rings. The number of hydrogen-bond acceptors (Lipinski definition) is 2. The Kier molecular flexibility index (Phi) is 5.50. The van der Waals surface area contributed by atoms with Crippen LogP contribution in [-0.2, 0) is 6.54 Å². The second-order valence-corrected chi connectivity index (χ2v) is 4.60. The Morgan fingerprint density at radius 2 is 1.94 bits per heavy atom. The van der Waals surface area contributed by atoms with Crippen molar-refractivity contribution in [2.24, 2.45) is 0 Å². The van der Waals surface area contributed by atoms with Crippen molar-refractivity contribution in [3.05, 3.63) is 34.9 Å². The molecule has 0 aromatic heterocycles. The molecule has 1 N–H and O–H groups in total. The van der Waals surface area contributed by atoms with E-state index < -0.39 is 0 Å². The smallest absolute Gasteiger partial charge is 0.0431 e. The SMILES string of the molecule is Cc1ccc(C)c(CN(C)CCCCO)c1. The van der Waals surface area contributed by atoms with Gasteiger partial charge in [-0.1, -0.05) is 23.8 Å². The average molecular weight is 221 g/mol. The normalized spacial score (nSPS) is 11.1. The number of rotatable bonds is 6. The monoisotopic (exact) mass is 221 g/mol. The molecular formula is C14H23NO. The van der Waals surface area contributed by atoms with Crippen LogP contribution in [0.3, 0.4) is 0 Å². The summed E-state index contributed by atoms with van der Waals surface area (Å²) >= 11 is 0. The predicted octanol–water partition coefficient (Wildman–Crippen LogP) is 2.51. The van der Waals surface area contributed by atoms with Crippen LogP contribution in [0, 0.1) is 13.8 Å². The summed E-state index contributed by atoms with van der Waals surface area (Å²) in [4.78, 5) is 2.32. The molecule has 1 aromatic carbocycles. The van der Waals surface area contributed by atoms with Crippen LogP contribution in [0.25, 0.3) is 0 Å². The number of aliphatic hydroxyl groups is 1. The largest absolute Gasteiger partial charge is 0.396 e. The number of aliphatic hydroxyl groups excluding tert-OH is 1. The molecule has 0 unspecified atom stereocenters. The van der Waals surface area contributed by atoms with Crippen LogP contribution in [0.5, 0.6) is 0 Å². The van der Waals surface area contributed by atoms with Gasteiger partial charge >= 0.3 is 0 Å². The molecule has 0 saturated heterocycles. The van der Waals surface area contributed by atoms with Gasteiger partial charge in [0.2, 0.25) is 0 Å². The fourth-order valence-corrected chi connectivity index (χ4v) is 1.83. The van der Waals surface area contributed by atoms with Gasteiger partial charge in [-0.25, -0.2) is 0 Å². The molecule has 0 spiro atoms. The number of aryl methyl sites for hydroxylation is 2. The van der Waals surface area contributed by atoms with Crippen molar-refractivity contribution in [1.82, 2.24) is 4.90 Å². The molecule has 0 aliphatic rings. The molecule has 0 amide bonds. The molecule has 0 atom stereocenters. The second-order valence-electron chi connectivity index (χ2n) is 4.60. The molecular weight excluding hydrogens is 198 g/mol. The standard InChI is InChI=1S/C14H23NO/c1-12-6-7-13(2)14(10-12)11-15(3)8-4-5-9-16/h6-7,10,16H,4-5,8-9,11H2,1-3H3. The van der Waals surface area contributed by atoms with E-state index in [2.05, 4.69) is 44.0 Å². The molecule has 1 rings (SSSR count). The van der Waals surface area contributed by atoms with Gasteiger partial charge in [-0.15, -0.1) is 0 Å². The third-order valence-electron chi connectivity index (χ3n) is 2.89. The van der Waals surface area contributed by atoms with Crippen molar-refractivity contribution in [2.45, 2.75) is 33.2 Å². The van der Waals surface area contributed by atoms with Crippen molar-refractivity contribution in [3.8, 4) is 0 Å². The maximum absolute atomic E-state index is 8.73. The lowest BCUT2D eigenvalue weighted by Crippen LogP contribution is -2.20. The number of hydrogen-bond donors (Lipinski definition) is 1. The van der Waals surface area contributed by atoms with Gasteiger partial charge in [-0.3, -0.25) is 0 Å². The van der Waals surface area contributed by atoms with Crippen LogP contribution in [-0.4, -0.2) is 30.2 Å². The highest BCUT2D eigenvalue weighted by atomic mass is 16.2. The highest BCUT2D eigenvalue weighted by Crippen LogP contribution is 2.12. The summed E-state index contributed by atoms with van der Waals surface area (Å²) in [6.45, 7) is 6.65. The zero-order valence-electron chi connectivity index (χ0n) is 10.7. The molecule has 0 aliphatic carbocycles. The zero-order valence-corrected chi connectivity index (χ0v) is 10.7. The van der Waals surface area contributed by atoms with E-state index in [1.807, 2.05) is 0 Å². The topological polar surface area (TPSA) is 23.5 Å². The van der Waals surface area contributed by atoms with E-state index in [1.54, 1.807) is 0 Å². The van der Waals surface area contributed by atoms with Crippen molar-refractivity contribution in [1.29, 1.82) is 0 Å². The van der Waals surface area contributed by atoms with E-state index in [1.165, 1.54) is 16.7 Å². The number of nitrogens with zero attached hydrogens (tertiary/aromatic N) is 1. The third-order valence-corrected chi connectivity index (χ3v) is 2.89. The first-order chi connectivity index (χ1) is 7.63. The molecule has 2 heteroatoms. The van der Waals surface area contributed by atoms with Gasteiger partial charge in [0, 0.05) is 13.2 Å². The maximum atomic E-state index is 8.73. The Balaban J connectivity index is 2.48. The summed E-state index contributed by atoms with van der Waals surface area (Å²) in [6, 6.07) is 6.61. The summed E-state index contributed by atoms with van der Waals surface area (Å²) in [7, 11) is 2.14. The first kappa shape index (κ1) is 13.2. The molecule has 2 nitrogen and oxygen atoms in total. The highest BCUT2D eigenvalue weighted by molar-refractivity contribution is 5.30. The third kappa shape index (κ3) is 4.33.